The SMILES string of the molecule is CNC(=O)[C@@H](C)N(Cc1ccc(OC)cc1)C(=O)CN(c1ccc(F)cc1)S(C)(=O)=O. The molecule has 8 nitrogen and oxygen atoms in total. The predicted molar refractivity (Wildman–Crippen MR) is 116 cm³/mol. The largest absolute Gasteiger partial charge is 0.497 e. The number of anilines is 1. The molecule has 2 aromatic rings. The van der Waals surface area contributed by atoms with Crippen LogP contribution in [-0.4, -0.2) is 58.1 Å². The van der Waals surface area contributed by atoms with Gasteiger partial charge in [-0.1, -0.05) is 12.1 Å². The van der Waals surface area contributed by atoms with Crippen LogP contribution in [-0.2, 0) is 26.2 Å². The van der Waals surface area contributed by atoms with Crippen LogP contribution in [0.5, 0.6) is 5.75 Å². The number of ether oxygens (including phenoxy) is 1. The number of carbonyl (C=O) groups is 2. The summed E-state index contributed by atoms with van der Waals surface area (Å²) >= 11 is 0. The second kappa shape index (κ2) is 10.3. The van der Waals surface area contributed by atoms with Crippen molar-refractivity contribution in [3.05, 3.63) is 59.9 Å². The Morgan fingerprint density at radius 3 is 2.16 bits per heavy atom. The predicted octanol–water partition coefficient (Wildman–Crippen LogP) is 1.76. The lowest BCUT2D eigenvalue weighted by atomic mass is 10.1. The molecule has 31 heavy (non-hydrogen) atoms. The summed E-state index contributed by atoms with van der Waals surface area (Å²) in [5, 5.41) is 2.50. The van der Waals surface area contributed by atoms with Gasteiger partial charge in [-0.15, -0.1) is 0 Å². The lowest BCUT2D eigenvalue weighted by Crippen LogP contribution is -2.50. The number of hydrogen-bond acceptors (Lipinski definition) is 5. The van der Waals surface area contributed by atoms with Gasteiger partial charge in [-0.25, -0.2) is 12.8 Å². The maximum atomic E-state index is 13.3. The third kappa shape index (κ3) is 6.42. The monoisotopic (exact) mass is 451 g/mol. The highest BCUT2D eigenvalue weighted by Gasteiger charge is 2.29. The average molecular weight is 452 g/mol. The van der Waals surface area contributed by atoms with E-state index in [1.54, 1.807) is 31.2 Å². The van der Waals surface area contributed by atoms with Crippen LogP contribution in [0.15, 0.2) is 48.5 Å². The average Bonchev–Trinajstić information content (AvgIpc) is 2.75. The second-order valence-electron chi connectivity index (χ2n) is 6.91. The molecular weight excluding hydrogens is 425 g/mol. The molecule has 0 radical (unpaired) electrons. The van der Waals surface area contributed by atoms with Gasteiger partial charge >= 0.3 is 0 Å². The topological polar surface area (TPSA) is 96.0 Å². The van der Waals surface area contributed by atoms with Crippen LogP contribution in [0.1, 0.15) is 12.5 Å². The zero-order valence-corrected chi connectivity index (χ0v) is 18.6. The number of halogens is 1. The van der Waals surface area contributed by atoms with Crippen LogP contribution in [0, 0.1) is 5.82 Å². The van der Waals surface area contributed by atoms with Gasteiger partial charge in [0.2, 0.25) is 21.8 Å². The minimum atomic E-state index is -3.85. The Labute approximate surface area is 181 Å². The van der Waals surface area contributed by atoms with Gasteiger partial charge in [0.15, 0.2) is 0 Å². The molecule has 0 aliphatic carbocycles. The highest BCUT2D eigenvalue weighted by atomic mass is 32.2. The Morgan fingerprint density at radius 2 is 1.68 bits per heavy atom. The minimum absolute atomic E-state index is 0.0818. The molecule has 0 fully saturated rings. The van der Waals surface area contributed by atoms with Crippen molar-refractivity contribution in [2.24, 2.45) is 0 Å². The first-order chi connectivity index (χ1) is 14.6. The van der Waals surface area contributed by atoms with Crippen molar-refractivity contribution in [2.45, 2.75) is 19.5 Å². The summed E-state index contributed by atoms with van der Waals surface area (Å²) < 4.78 is 43.9. The molecule has 0 saturated carbocycles. The molecule has 1 N–H and O–H groups in total. The zero-order valence-electron chi connectivity index (χ0n) is 17.8. The zero-order chi connectivity index (χ0) is 23.2. The van der Waals surface area contributed by atoms with Gasteiger partial charge in [-0.2, -0.15) is 0 Å². The van der Waals surface area contributed by atoms with E-state index in [1.807, 2.05) is 0 Å². The van der Waals surface area contributed by atoms with Crippen molar-refractivity contribution in [3.63, 3.8) is 0 Å². The van der Waals surface area contributed by atoms with Crippen LogP contribution in [0.4, 0.5) is 10.1 Å². The van der Waals surface area contributed by atoms with Gasteiger partial charge in [-0.3, -0.25) is 13.9 Å². The molecule has 0 aliphatic heterocycles. The molecule has 0 aromatic heterocycles. The number of nitrogens with one attached hydrogen (secondary N) is 1. The first-order valence-corrected chi connectivity index (χ1v) is 11.3. The number of methoxy groups -OCH3 is 1. The normalized spacial score (nSPS) is 12.0. The molecule has 0 saturated heterocycles. The van der Waals surface area contributed by atoms with E-state index in [2.05, 4.69) is 5.32 Å². The van der Waals surface area contributed by atoms with Gasteiger partial charge in [-0.05, 0) is 48.9 Å². The lowest BCUT2D eigenvalue weighted by molar-refractivity contribution is -0.139. The Morgan fingerprint density at radius 1 is 1.10 bits per heavy atom. The maximum Gasteiger partial charge on any atom is 0.244 e. The van der Waals surface area contributed by atoms with Crippen molar-refractivity contribution in [1.29, 1.82) is 0 Å². The van der Waals surface area contributed by atoms with E-state index in [0.29, 0.717) is 5.75 Å². The van der Waals surface area contributed by atoms with E-state index in [4.69, 9.17) is 4.74 Å². The molecule has 2 amide bonds. The lowest BCUT2D eigenvalue weighted by Gasteiger charge is -2.31. The molecule has 1 atom stereocenters. The van der Waals surface area contributed by atoms with Gasteiger partial charge < -0.3 is 15.0 Å². The molecule has 0 heterocycles. The van der Waals surface area contributed by atoms with Crippen molar-refractivity contribution in [2.75, 3.05) is 31.3 Å². The van der Waals surface area contributed by atoms with E-state index < -0.39 is 40.2 Å². The fourth-order valence-corrected chi connectivity index (χ4v) is 3.79. The number of hydrogen-bond donors (Lipinski definition) is 1. The Kier molecular flexibility index (Phi) is 7.98. The Hall–Kier alpha value is -3.14. The fourth-order valence-electron chi connectivity index (χ4n) is 2.94. The van der Waals surface area contributed by atoms with Crippen LogP contribution in [0.2, 0.25) is 0 Å². The van der Waals surface area contributed by atoms with E-state index in [-0.39, 0.29) is 12.2 Å². The number of carbonyl (C=O) groups excluding carboxylic acids is 2. The van der Waals surface area contributed by atoms with Gasteiger partial charge in [0, 0.05) is 13.6 Å². The molecule has 0 bridgehead atoms. The minimum Gasteiger partial charge on any atom is -0.497 e. The number of nitrogens with zero attached hydrogens (tertiary/aromatic N) is 2. The molecule has 0 spiro atoms. The summed E-state index contributed by atoms with van der Waals surface area (Å²) in [6.07, 6.45) is 0.958. The quantitative estimate of drug-likeness (QED) is 0.627. The standard InChI is InChI=1S/C21H26FN3O5S/c1-15(21(27)23-2)24(13-16-5-11-19(30-3)12-6-16)20(26)14-25(31(4,28)29)18-9-7-17(22)8-10-18/h5-12,15H,13-14H2,1-4H3,(H,23,27)/t15-/m1/s1. The first kappa shape index (κ1) is 24.1. The summed E-state index contributed by atoms with van der Waals surface area (Å²) in [7, 11) is -0.856. The van der Waals surface area contributed by atoms with Crippen LogP contribution in [0.3, 0.4) is 0 Å². The molecule has 0 unspecified atom stereocenters. The highest BCUT2D eigenvalue weighted by Crippen LogP contribution is 2.20. The van der Waals surface area contributed by atoms with E-state index in [1.165, 1.54) is 31.2 Å². The van der Waals surface area contributed by atoms with Crippen molar-refractivity contribution >= 4 is 27.5 Å². The fraction of sp³-hybridized carbons (Fsp3) is 0.333. The molecule has 2 aromatic carbocycles. The summed E-state index contributed by atoms with van der Waals surface area (Å²) in [5.74, 6) is -0.866. The summed E-state index contributed by atoms with van der Waals surface area (Å²) in [6.45, 7) is 1.10. The van der Waals surface area contributed by atoms with Crippen LogP contribution < -0.4 is 14.4 Å². The molecule has 10 heteroatoms. The second-order valence-corrected chi connectivity index (χ2v) is 8.81. The van der Waals surface area contributed by atoms with Crippen LogP contribution in [0.25, 0.3) is 0 Å². The smallest absolute Gasteiger partial charge is 0.244 e. The molecule has 168 valence electrons. The van der Waals surface area contributed by atoms with E-state index >= 15 is 0 Å². The van der Waals surface area contributed by atoms with Gasteiger partial charge in [0.25, 0.3) is 0 Å². The Balaban J connectivity index is 2.34. The first-order valence-electron chi connectivity index (χ1n) is 9.44. The summed E-state index contributed by atoms with van der Waals surface area (Å²) in [6, 6.07) is 10.9. The summed E-state index contributed by atoms with van der Waals surface area (Å²) in [5.41, 5.74) is 0.881. The number of rotatable bonds is 9. The number of sulfonamides is 1. The number of likely N-dealkylation sites (N-methyl/N-ethyl adjacent to an activating group) is 1. The third-order valence-corrected chi connectivity index (χ3v) is 5.86. The summed E-state index contributed by atoms with van der Waals surface area (Å²) in [4.78, 5) is 26.7. The molecule has 0 aliphatic rings. The number of amides is 2. The van der Waals surface area contributed by atoms with E-state index in [0.717, 1.165) is 28.3 Å². The van der Waals surface area contributed by atoms with Crippen molar-refractivity contribution in [1.82, 2.24) is 10.2 Å². The number of benzene rings is 2. The van der Waals surface area contributed by atoms with Crippen LogP contribution >= 0.6 is 0 Å². The van der Waals surface area contributed by atoms with Gasteiger partial charge in [0.05, 0.1) is 19.1 Å². The van der Waals surface area contributed by atoms with Crippen molar-refractivity contribution < 1.29 is 27.1 Å². The molecular formula is C21H26FN3O5S. The molecule has 2 rings (SSSR count). The van der Waals surface area contributed by atoms with E-state index in [9.17, 15) is 22.4 Å². The highest BCUT2D eigenvalue weighted by molar-refractivity contribution is 7.92. The Bertz CT molecular complexity index is 1010. The van der Waals surface area contributed by atoms with Crippen molar-refractivity contribution in [3.8, 4) is 5.75 Å². The maximum absolute atomic E-state index is 13.3. The third-order valence-electron chi connectivity index (χ3n) is 4.72. The van der Waals surface area contributed by atoms with Gasteiger partial charge in [0.1, 0.15) is 24.2 Å².